The Morgan fingerprint density at radius 2 is 1.53 bits per heavy atom. The van der Waals surface area contributed by atoms with Crippen LogP contribution in [0.5, 0.6) is 11.5 Å². The zero-order valence-electron chi connectivity index (χ0n) is 8.76. The normalized spacial score (nSPS) is 10.5. The summed E-state index contributed by atoms with van der Waals surface area (Å²) in [4.78, 5) is 0. The molecule has 0 radical (unpaired) electrons. The molecule has 15 heavy (non-hydrogen) atoms. The van der Waals surface area contributed by atoms with Crippen LogP contribution in [0.2, 0.25) is 0 Å². The van der Waals surface area contributed by atoms with Crippen molar-refractivity contribution < 1.29 is 73.8 Å². The van der Waals surface area contributed by atoms with Gasteiger partial charge < -0.3 is 22.4 Å². The van der Waals surface area contributed by atoms with Crippen LogP contribution < -0.4 is 66.3 Å². The number of methoxy groups -OCH3 is 2. The first-order valence-corrected chi connectivity index (χ1v) is 3.91. The minimum Gasteiger partial charge on any atom is -0.493 e. The first kappa shape index (κ1) is 15.3. The van der Waals surface area contributed by atoms with Crippen molar-refractivity contribution in [2.24, 2.45) is 0 Å². The van der Waals surface area contributed by atoms with Crippen molar-refractivity contribution in [3.63, 3.8) is 0 Å². The van der Waals surface area contributed by atoms with Gasteiger partial charge in [0.05, 0.1) is 14.2 Å². The van der Waals surface area contributed by atoms with E-state index in [1.54, 1.807) is 0 Å². The Labute approximate surface area is 129 Å². The topological polar surface area (TPSA) is 18.5 Å². The van der Waals surface area contributed by atoms with Crippen molar-refractivity contribution in [1.82, 2.24) is 0 Å². The van der Waals surface area contributed by atoms with Gasteiger partial charge in [-0.25, -0.2) is 0 Å². The first-order chi connectivity index (χ1) is 6.49. The van der Waals surface area contributed by atoms with Gasteiger partial charge >= 0.3 is 58.4 Å². The second kappa shape index (κ2) is 6.15. The van der Waals surface area contributed by atoms with Crippen LogP contribution in [-0.4, -0.2) is 21.2 Å². The Bertz CT molecular complexity index is 330. The second-order valence-electron chi connectivity index (χ2n) is 2.69. The molecule has 7 heteroatoms. The van der Waals surface area contributed by atoms with Crippen molar-refractivity contribution in [3.05, 3.63) is 18.2 Å². The molecule has 0 fully saturated rings. The van der Waals surface area contributed by atoms with Gasteiger partial charge in [0.1, 0.15) is 0 Å². The number of ether oxygens (including phenoxy) is 2. The zero-order valence-corrected chi connectivity index (χ0v) is 11.9. The summed E-state index contributed by atoms with van der Waals surface area (Å²) in [5, 5.41) is 0. The van der Waals surface area contributed by atoms with Crippen molar-refractivity contribution in [1.29, 1.82) is 0 Å². The van der Waals surface area contributed by atoms with Gasteiger partial charge in [-0.2, -0.15) is 0 Å². The minimum atomic E-state index is -4.99. The molecule has 0 aliphatic carbocycles. The fraction of sp³-hybridized carbons (Fsp3) is 0.250. The van der Waals surface area contributed by atoms with E-state index >= 15 is 0 Å². The van der Waals surface area contributed by atoms with Crippen LogP contribution in [0.3, 0.4) is 0 Å². The van der Waals surface area contributed by atoms with Gasteiger partial charge in [-0.15, -0.1) is 5.46 Å². The van der Waals surface area contributed by atoms with Gasteiger partial charge in [0.25, 0.3) is 0 Å². The third-order valence-corrected chi connectivity index (χ3v) is 1.79. The Morgan fingerprint density at radius 3 is 1.93 bits per heavy atom. The number of hydrogen-bond acceptors (Lipinski definition) is 2. The van der Waals surface area contributed by atoms with Gasteiger partial charge in [-0.05, 0) is 12.1 Å². The van der Waals surface area contributed by atoms with Crippen LogP contribution >= 0.6 is 0 Å². The summed E-state index contributed by atoms with van der Waals surface area (Å²) in [6.07, 6.45) is 0. The van der Waals surface area contributed by atoms with Gasteiger partial charge in [-0.3, -0.25) is 0 Å². The summed E-state index contributed by atoms with van der Waals surface area (Å²) in [5.41, 5.74) is -0.692. The summed E-state index contributed by atoms with van der Waals surface area (Å²) in [6, 6.07) is 3.14. The predicted octanol–water partition coefficient (Wildman–Crippen LogP) is -1.24. The smallest absolute Gasteiger partial charge is 0.493 e. The van der Waals surface area contributed by atoms with E-state index in [0.717, 1.165) is 12.1 Å². The molecule has 1 aromatic rings. The maximum Gasteiger partial charge on any atom is 1.00 e. The summed E-state index contributed by atoms with van der Waals surface area (Å²) in [6.45, 7) is -4.99. The first-order valence-electron chi connectivity index (χ1n) is 3.91. The van der Waals surface area contributed by atoms with Gasteiger partial charge in [0.15, 0.2) is 11.5 Å². The molecule has 0 atom stereocenters. The molecule has 0 bridgehead atoms. The maximum absolute atomic E-state index is 12.3. The van der Waals surface area contributed by atoms with E-state index in [1.165, 1.54) is 20.3 Å². The molecule has 0 amide bonds. The zero-order chi connectivity index (χ0) is 10.8. The molecule has 0 saturated heterocycles. The van der Waals surface area contributed by atoms with Crippen molar-refractivity contribution >= 4 is 12.4 Å². The Kier molecular flexibility index (Phi) is 6.27. The number of halogens is 3. The molecule has 0 N–H and O–H groups in total. The quantitative estimate of drug-likeness (QED) is 0.619. The third kappa shape index (κ3) is 3.99. The minimum absolute atomic E-state index is 0. The number of rotatable bonds is 3. The Hall–Kier alpha value is 0.311. The van der Waals surface area contributed by atoms with Crippen LogP contribution in [0.15, 0.2) is 18.2 Å². The van der Waals surface area contributed by atoms with E-state index in [2.05, 4.69) is 0 Å². The predicted molar refractivity (Wildman–Crippen MR) is 48.3 cm³/mol. The summed E-state index contributed by atoms with van der Waals surface area (Å²) in [7, 11) is 2.67. The van der Waals surface area contributed by atoms with Gasteiger partial charge in [0, 0.05) is 0 Å². The van der Waals surface area contributed by atoms with Crippen LogP contribution in [0.4, 0.5) is 12.9 Å². The summed E-state index contributed by atoms with van der Waals surface area (Å²) in [5.74, 6) is 0.375. The molecule has 0 unspecified atom stereocenters. The molecule has 78 valence electrons. The Balaban J connectivity index is 0.00000196. The average molecular weight is 244 g/mol. The average Bonchev–Trinajstić information content (AvgIpc) is 2.15. The fourth-order valence-electron chi connectivity index (χ4n) is 1.06. The third-order valence-electron chi connectivity index (χ3n) is 1.79. The molecular weight excluding hydrogens is 235 g/mol. The number of benzene rings is 1. The molecule has 0 aliphatic rings. The standard InChI is InChI=1S/C8H9BF3O2.K/c1-13-7-4-3-6(9(10,11)12)5-8(7)14-2;/h3-5H,1-2H3;/q-1;+1. The van der Waals surface area contributed by atoms with Crippen molar-refractivity contribution in [2.45, 2.75) is 0 Å². The number of hydrogen-bond donors (Lipinski definition) is 0. The summed E-state index contributed by atoms with van der Waals surface area (Å²) >= 11 is 0. The molecule has 0 aromatic heterocycles. The van der Waals surface area contributed by atoms with Crippen LogP contribution in [0.25, 0.3) is 0 Å². The van der Waals surface area contributed by atoms with Crippen molar-refractivity contribution in [3.8, 4) is 11.5 Å². The molecule has 0 aliphatic heterocycles. The molecule has 0 heterocycles. The molecule has 0 saturated carbocycles. The Morgan fingerprint density at radius 1 is 1.00 bits per heavy atom. The van der Waals surface area contributed by atoms with Crippen molar-refractivity contribution in [2.75, 3.05) is 14.2 Å². The second-order valence-corrected chi connectivity index (χ2v) is 2.69. The van der Waals surface area contributed by atoms with Crippen LogP contribution in [-0.2, 0) is 0 Å². The molecular formula is C8H9BF3KO2. The SMILES string of the molecule is COc1ccc([B-](F)(F)F)cc1OC.[K+]. The van der Waals surface area contributed by atoms with E-state index in [-0.39, 0.29) is 62.9 Å². The van der Waals surface area contributed by atoms with E-state index in [4.69, 9.17) is 9.47 Å². The molecule has 1 rings (SSSR count). The summed E-state index contributed by atoms with van der Waals surface area (Å²) < 4.78 is 46.5. The maximum atomic E-state index is 12.3. The van der Waals surface area contributed by atoms with E-state index in [9.17, 15) is 12.9 Å². The molecule has 2 nitrogen and oxygen atoms in total. The molecule has 1 aromatic carbocycles. The fourth-order valence-corrected chi connectivity index (χ4v) is 1.06. The van der Waals surface area contributed by atoms with Gasteiger partial charge in [-0.1, -0.05) is 6.07 Å². The largest absolute Gasteiger partial charge is 1.00 e. The van der Waals surface area contributed by atoms with E-state index < -0.39 is 12.4 Å². The van der Waals surface area contributed by atoms with Gasteiger partial charge in [0.2, 0.25) is 0 Å². The van der Waals surface area contributed by atoms with Crippen LogP contribution in [0.1, 0.15) is 0 Å². The molecule has 0 spiro atoms. The van der Waals surface area contributed by atoms with E-state index in [0.29, 0.717) is 0 Å². The van der Waals surface area contributed by atoms with E-state index in [1.807, 2.05) is 0 Å². The van der Waals surface area contributed by atoms with Crippen LogP contribution in [0, 0.1) is 0 Å². The monoisotopic (exact) mass is 244 g/mol.